The molecule has 10 heteroatoms. The van der Waals surface area contributed by atoms with E-state index in [1.54, 1.807) is 17.0 Å². The van der Waals surface area contributed by atoms with Gasteiger partial charge in [-0.25, -0.2) is 4.79 Å². The number of anilines is 1. The normalized spacial score (nSPS) is 16.4. The van der Waals surface area contributed by atoms with Gasteiger partial charge in [0.1, 0.15) is 0 Å². The van der Waals surface area contributed by atoms with E-state index in [0.29, 0.717) is 18.8 Å². The molecule has 1 saturated heterocycles. The van der Waals surface area contributed by atoms with E-state index in [2.05, 4.69) is 5.32 Å². The standard InChI is InChI=1S/C23H26F3N3O4/c1-32-13-11-28(21(30)17-7-9-18(10-8-17)23(24,25)26)15-20-16-29(12-14-33-20)22(31)27-19-5-3-2-4-6-19/h2-10,20H,11-16H2,1H3,(H,27,31)/t20-/m0/s1. The van der Waals surface area contributed by atoms with Gasteiger partial charge in [-0.2, -0.15) is 13.2 Å². The second kappa shape index (κ2) is 11.2. The Bertz CT molecular complexity index is 923. The number of hydrogen-bond acceptors (Lipinski definition) is 4. The van der Waals surface area contributed by atoms with Crippen molar-refractivity contribution in [2.45, 2.75) is 12.3 Å². The molecule has 0 aliphatic carbocycles. The lowest BCUT2D eigenvalue weighted by molar-refractivity contribution is -0.137. The lowest BCUT2D eigenvalue weighted by Crippen LogP contribution is -2.52. The molecule has 178 valence electrons. The number of halogens is 3. The molecule has 0 unspecified atom stereocenters. The Labute approximate surface area is 190 Å². The smallest absolute Gasteiger partial charge is 0.383 e. The summed E-state index contributed by atoms with van der Waals surface area (Å²) in [6.07, 6.45) is -4.92. The number of rotatable bonds is 7. The van der Waals surface area contributed by atoms with Gasteiger partial charge in [0.15, 0.2) is 0 Å². The number of urea groups is 1. The molecule has 0 spiro atoms. The van der Waals surface area contributed by atoms with Gasteiger partial charge in [0.2, 0.25) is 0 Å². The highest BCUT2D eigenvalue weighted by atomic mass is 19.4. The van der Waals surface area contributed by atoms with Crippen molar-refractivity contribution in [2.75, 3.05) is 51.8 Å². The number of nitrogens with zero attached hydrogens (tertiary/aromatic N) is 2. The SMILES string of the molecule is COCCN(C[C@H]1CN(C(=O)Nc2ccccc2)CCO1)C(=O)c1ccc(C(F)(F)F)cc1. The summed E-state index contributed by atoms with van der Waals surface area (Å²) in [6.45, 7) is 1.62. The van der Waals surface area contributed by atoms with Crippen LogP contribution in [-0.2, 0) is 15.7 Å². The molecule has 7 nitrogen and oxygen atoms in total. The fraction of sp³-hybridized carbons (Fsp3) is 0.391. The fourth-order valence-corrected chi connectivity index (χ4v) is 3.45. The molecule has 2 aromatic carbocycles. The summed E-state index contributed by atoms with van der Waals surface area (Å²) in [6, 6.07) is 12.9. The number of ether oxygens (including phenoxy) is 2. The van der Waals surface area contributed by atoms with Crippen molar-refractivity contribution in [1.82, 2.24) is 9.80 Å². The van der Waals surface area contributed by atoms with Crippen molar-refractivity contribution >= 4 is 17.6 Å². The first kappa shape index (κ1) is 24.5. The molecule has 3 amide bonds. The quantitative estimate of drug-likeness (QED) is 0.677. The topological polar surface area (TPSA) is 71.1 Å². The zero-order valence-corrected chi connectivity index (χ0v) is 18.2. The molecule has 3 rings (SSSR count). The van der Waals surface area contributed by atoms with Gasteiger partial charge in [-0.1, -0.05) is 18.2 Å². The second-order valence-electron chi connectivity index (χ2n) is 7.55. The molecule has 1 heterocycles. The largest absolute Gasteiger partial charge is 0.416 e. The Balaban J connectivity index is 1.65. The minimum absolute atomic E-state index is 0.133. The van der Waals surface area contributed by atoms with Crippen LogP contribution in [0.5, 0.6) is 0 Å². The van der Waals surface area contributed by atoms with Crippen LogP contribution in [0.4, 0.5) is 23.7 Å². The molecule has 2 aromatic rings. The Hall–Kier alpha value is -3.11. The van der Waals surface area contributed by atoms with Crippen LogP contribution in [0.3, 0.4) is 0 Å². The summed E-state index contributed by atoms with van der Waals surface area (Å²) in [5, 5.41) is 2.82. The molecule has 1 N–H and O–H groups in total. The number of methoxy groups -OCH3 is 1. The van der Waals surface area contributed by atoms with E-state index >= 15 is 0 Å². The van der Waals surface area contributed by atoms with Gasteiger partial charge in [-0.05, 0) is 36.4 Å². The fourth-order valence-electron chi connectivity index (χ4n) is 3.45. The minimum Gasteiger partial charge on any atom is -0.383 e. The number of alkyl halides is 3. The van der Waals surface area contributed by atoms with Gasteiger partial charge in [0.25, 0.3) is 5.91 Å². The first-order chi connectivity index (χ1) is 15.8. The van der Waals surface area contributed by atoms with E-state index in [1.165, 1.54) is 12.0 Å². The second-order valence-corrected chi connectivity index (χ2v) is 7.55. The number of nitrogens with one attached hydrogen (secondary N) is 1. The molecule has 1 fully saturated rings. The van der Waals surface area contributed by atoms with Crippen LogP contribution in [-0.4, -0.2) is 74.3 Å². The Kier molecular flexibility index (Phi) is 8.29. The maximum atomic E-state index is 13.0. The number of carbonyl (C=O) groups is 2. The number of hydrogen-bond donors (Lipinski definition) is 1. The summed E-state index contributed by atoms with van der Waals surface area (Å²) in [5.74, 6) is -0.435. The molecule has 0 aromatic heterocycles. The van der Waals surface area contributed by atoms with Crippen molar-refractivity contribution in [3.05, 3.63) is 65.7 Å². The number of benzene rings is 2. The molecule has 0 bridgehead atoms. The maximum Gasteiger partial charge on any atom is 0.416 e. The van der Waals surface area contributed by atoms with E-state index in [-0.39, 0.29) is 37.8 Å². The molecule has 1 aliphatic heterocycles. The third-order valence-electron chi connectivity index (χ3n) is 5.19. The van der Waals surface area contributed by atoms with Crippen molar-refractivity contribution in [3.63, 3.8) is 0 Å². The average molecular weight is 465 g/mol. The van der Waals surface area contributed by atoms with Crippen LogP contribution < -0.4 is 5.32 Å². The summed E-state index contributed by atoms with van der Waals surface area (Å²) in [5.41, 5.74) is -0.0171. The summed E-state index contributed by atoms with van der Waals surface area (Å²) < 4.78 is 49.3. The highest BCUT2D eigenvalue weighted by Crippen LogP contribution is 2.29. The van der Waals surface area contributed by atoms with E-state index in [1.807, 2.05) is 18.2 Å². The third-order valence-corrected chi connectivity index (χ3v) is 5.19. The molecule has 1 aliphatic rings. The number of para-hydroxylation sites is 1. The van der Waals surface area contributed by atoms with Gasteiger partial charge < -0.3 is 24.6 Å². The first-order valence-corrected chi connectivity index (χ1v) is 10.5. The van der Waals surface area contributed by atoms with Gasteiger partial charge in [-0.3, -0.25) is 4.79 Å². The van der Waals surface area contributed by atoms with E-state index in [4.69, 9.17) is 9.47 Å². The predicted molar refractivity (Wildman–Crippen MR) is 116 cm³/mol. The van der Waals surface area contributed by atoms with Crippen LogP contribution >= 0.6 is 0 Å². The first-order valence-electron chi connectivity index (χ1n) is 10.5. The van der Waals surface area contributed by atoms with E-state index in [9.17, 15) is 22.8 Å². The van der Waals surface area contributed by atoms with Crippen molar-refractivity contribution in [3.8, 4) is 0 Å². The van der Waals surface area contributed by atoms with Crippen molar-refractivity contribution < 1.29 is 32.2 Å². The molecule has 0 radical (unpaired) electrons. The zero-order chi connectivity index (χ0) is 23.8. The lowest BCUT2D eigenvalue weighted by Gasteiger charge is -2.35. The average Bonchev–Trinajstić information content (AvgIpc) is 2.81. The highest BCUT2D eigenvalue weighted by Gasteiger charge is 2.31. The van der Waals surface area contributed by atoms with E-state index in [0.717, 1.165) is 24.3 Å². The van der Waals surface area contributed by atoms with Crippen LogP contribution in [0, 0.1) is 0 Å². The Morgan fingerprint density at radius 2 is 1.85 bits per heavy atom. The molecule has 1 atom stereocenters. The Morgan fingerprint density at radius 1 is 1.15 bits per heavy atom. The zero-order valence-electron chi connectivity index (χ0n) is 18.2. The molecular formula is C23H26F3N3O4. The number of carbonyl (C=O) groups excluding carboxylic acids is 2. The van der Waals surface area contributed by atoms with Crippen molar-refractivity contribution in [2.24, 2.45) is 0 Å². The van der Waals surface area contributed by atoms with Crippen LogP contribution in [0.15, 0.2) is 54.6 Å². The lowest BCUT2D eigenvalue weighted by atomic mass is 10.1. The van der Waals surface area contributed by atoms with Gasteiger partial charge in [0, 0.05) is 38.0 Å². The van der Waals surface area contributed by atoms with E-state index < -0.39 is 23.8 Å². The van der Waals surface area contributed by atoms with Crippen molar-refractivity contribution in [1.29, 1.82) is 0 Å². The van der Waals surface area contributed by atoms with Crippen LogP contribution in [0.2, 0.25) is 0 Å². The summed E-state index contributed by atoms with van der Waals surface area (Å²) >= 11 is 0. The summed E-state index contributed by atoms with van der Waals surface area (Å²) in [7, 11) is 1.49. The molecular weight excluding hydrogens is 439 g/mol. The van der Waals surface area contributed by atoms with Gasteiger partial charge in [0.05, 0.1) is 31.4 Å². The third kappa shape index (κ3) is 6.93. The number of amides is 3. The highest BCUT2D eigenvalue weighted by molar-refractivity contribution is 5.94. The maximum absolute atomic E-state index is 13.0. The van der Waals surface area contributed by atoms with Crippen LogP contribution in [0.25, 0.3) is 0 Å². The molecule has 0 saturated carbocycles. The van der Waals surface area contributed by atoms with Gasteiger partial charge in [-0.15, -0.1) is 0 Å². The van der Waals surface area contributed by atoms with Gasteiger partial charge >= 0.3 is 12.2 Å². The predicted octanol–water partition coefficient (Wildman–Crippen LogP) is 3.73. The Morgan fingerprint density at radius 3 is 2.48 bits per heavy atom. The summed E-state index contributed by atoms with van der Waals surface area (Å²) in [4.78, 5) is 28.7. The minimum atomic E-state index is -4.48. The molecule has 33 heavy (non-hydrogen) atoms. The monoisotopic (exact) mass is 465 g/mol. The number of morpholine rings is 1. The van der Waals surface area contributed by atoms with Crippen LogP contribution in [0.1, 0.15) is 15.9 Å².